The van der Waals surface area contributed by atoms with Gasteiger partial charge in [-0.15, -0.1) is 0 Å². The van der Waals surface area contributed by atoms with E-state index in [9.17, 15) is 4.79 Å². The van der Waals surface area contributed by atoms with Gasteiger partial charge in [-0.3, -0.25) is 0 Å². The van der Waals surface area contributed by atoms with E-state index in [0.29, 0.717) is 12.6 Å². The molecule has 0 fully saturated rings. The molecule has 1 atom stereocenters. The summed E-state index contributed by atoms with van der Waals surface area (Å²) in [5, 5.41) is 3.12. The van der Waals surface area contributed by atoms with Gasteiger partial charge in [0, 0.05) is 6.04 Å². The summed E-state index contributed by atoms with van der Waals surface area (Å²) in [6.45, 7) is 4.10. The van der Waals surface area contributed by atoms with Gasteiger partial charge in [0.05, 0.1) is 6.61 Å². The third-order valence-corrected chi connectivity index (χ3v) is 2.74. The third kappa shape index (κ3) is 3.85. The third-order valence-electron chi connectivity index (χ3n) is 2.74. The molecule has 1 heterocycles. The predicted octanol–water partition coefficient (Wildman–Crippen LogP) is 2.89. The number of esters is 1. The minimum atomic E-state index is -0.472. The van der Waals surface area contributed by atoms with E-state index >= 15 is 0 Å². The first kappa shape index (κ1) is 14.1. The number of benzene rings is 1. The van der Waals surface area contributed by atoms with Crippen molar-refractivity contribution in [1.82, 2.24) is 4.98 Å². The predicted molar refractivity (Wildman–Crippen MR) is 75.7 cm³/mol. The monoisotopic (exact) mass is 274 g/mol. The van der Waals surface area contributed by atoms with E-state index in [2.05, 4.69) is 22.4 Å². The Hall–Kier alpha value is -2.30. The fraction of sp³-hybridized carbons (Fsp3) is 0.333. The van der Waals surface area contributed by atoms with Gasteiger partial charge in [-0.1, -0.05) is 30.3 Å². The fourth-order valence-corrected chi connectivity index (χ4v) is 1.87. The average molecular weight is 274 g/mol. The Bertz CT molecular complexity index is 551. The van der Waals surface area contributed by atoms with Crippen LogP contribution in [0.2, 0.25) is 0 Å². The number of aromatic nitrogens is 1. The summed E-state index contributed by atoms with van der Waals surface area (Å²) in [5.74, 6) is -0.472. The summed E-state index contributed by atoms with van der Waals surface area (Å²) in [6.07, 6.45) is 2.15. The summed E-state index contributed by atoms with van der Waals surface area (Å²) in [4.78, 5) is 15.5. The molecule has 0 saturated heterocycles. The highest BCUT2D eigenvalue weighted by molar-refractivity contribution is 5.87. The van der Waals surface area contributed by atoms with Crippen LogP contribution in [0.3, 0.4) is 0 Å². The number of carbonyl (C=O) groups is 1. The Morgan fingerprint density at radius 1 is 1.40 bits per heavy atom. The van der Waals surface area contributed by atoms with Crippen LogP contribution in [0.4, 0.5) is 6.01 Å². The van der Waals surface area contributed by atoms with Gasteiger partial charge in [-0.25, -0.2) is 4.79 Å². The van der Waals surface area contributed by atoms with Gasteiger partial charge in [0.25, 0.3) is 6.01 Å². The Kier molecular flexibility index (Phi) is 4.76. The van der Waals surface area contributed by atoms with Gasteiger partial charge >= 0.3 is 5.97 Å². The number of nitrogens with one attached hydrogen (secondary N) is 1. The van der Waals surface area contributed by atoms with Crippen molar-refractivity contribution < 1.29 is 13.9 Å². The van der Waals surface area contributed by atoms with E-state index < -0.39 is 5.97 Å². The first-order valence-corrected chi connectivity index (χ1v) is 6.62. The van der Waals surface area contributed by atoms with E-state index in [0.717, 1.165) is 6.42 Å². The summed E-state index contributed by atoms with van der Waals surface area (Å²) >= 11 is 0. The number of hydrogen-bond donors (Lipinski definition) is 1. The molecule has 0 aliphatic heterocycles. The van der Waals surface area contributed by atoms with Gasteiger partial charge in [0.2, 0.25) is 0 Å². The average Bonchev–Trinajstić information content (AvgIpc) is 2.88. The van der Waals surface area contributed by atoms with Crippen LogP contribution < -0.4 is 5.32 Å². The van der Waals surface area contributed by atoms with Crippen LogP contribution in [-0.2, 0) is 11.2 Å². The van der Waals surface area contributed by atoms with E-state index in [4.69, 9.17) is 9.15 Å². The van der Waals surface area contributed by atoms with Crippen molar-refractivity contribution in [2.24, 2.45) is 0 Å². The standard InChI is InChI=1S/C15H18N2O3/c1-3-19-14(18)13-10-20-15(17-13)16-11(2)9-12-7-5-4-6-8-12/h4-8,10-11H,3,9H2,1-2H3,(H,16,17). The maximum atomic E-state index is 11.5. The van der Waals surface area contributed by atoms with Crippen LogP contribution in [0.1, 0.15) is 29.9 Å². The molecule has 2 aromatic rings. The van der Waals surface area contributed by atoms with Crippen molar-refractivity contribution in [1.29, 1.82) is 0 Å². The lowest BCUT2D eigenvalue weighted by Crippen LogP contribution is -2.18. The van der Waals surface area contributed by atoms with Crippen molar-refractivity contribution in [3.05, 3.63) is 47.9 Å². The van der Waals surface area contributed by atoms with Crippen molar-refractivity contribution >= 4 is 12.0 Å². The topological polar surface area (TPSA) is 64.4 Å². The molecule has 0 aliphatic rings. The molecule has 0 aliphatic carbocycles. The molecule has 0 radical (unpaired) electrons. The molecule has 5 heteroatoms. The first-order chi connectivity index (χ1) is 9.69. The Labute approximate surface area is 118 Å². The minimum Gasteiger partial charge on any atom is -0.461 e. The molecule has 2 rings (SSSR count). The lowest BCUT2D eigenvalue weighted by molar-refractivity contribution is 0.0519. The zero-order valence-electron chi connectivity index (χ0n) is 11.6. The van der Waals surface area contributed by atoms with Gasteiger partial charge < -0.3 is 14.5 Å². The molecular formula is C15H18N2O3. The highest BCUT2D eigenvalue weighted by Crippen LogP contribution is 2.12. The van der Waals surface area contributed by atoms with E-state index in [1.807, 2.05) is 25.1 Å². The Balaban J connectivity index is 1.91. The number of ether oxygens (including phenoxy) is 1. The van der Waals surface area contributed by atoms with Crippen molar-refractivity contribution in [3.63, 3.8) is 0 Å². The van der Waals surface area contributed by atoms with Crippen LogP contribution in [0.5, 0.6) is 0 Å². The molecule has 1 aromatic carbocycles. The number of hydrogen-bond acceptors (Lipinski definition) is 5. The molecule has 0 amide bonds. The number of nitrogens with zero attached hydrogens (tertiary/aromatic N) is 1. The first-order valence-electron chi connectivity index (χ1n) is 6.62. The van der Waals surface area contributed by atoms with Crippen LogP contribution >= 0.6 is 0 Å². The molecular weight excluding hydrogens is 256 g/mol. The quantitative estimate of drug-likeness (QED) is 0.820. The second-order valence-electron chi connectivity index (χ2n) is 4.49. The van der Waals surface area contributed by atoms with E-state index in [1.165, 1.54) is 11.8 Å². The van der Waals surface area contributed by atoms with Crippen molar-refractivity contribution in [2.45, 2.75) is 26.3 Å². The highest BCUT2D eigenvalue weighted by atomic mass is 16.5. The maximum Gasteiger partial charge on any atom is 0.360 e. The number of rotatable bonds is 6. The Morgan fingerprint density at radius 2 is 2.15 bits per heavy atom. The van der Waals surface area contributed by atoms with E-state index in [-0.39, 0.29) is 11.7 Å². The lowest BCUT2D eigenvalue weighted by atomic mass is 10.1. The van der Waals surface area contributed by atoms with Gasteiger partial charge in [-0.2, -0.15) is 4.98 Å². The molecule has 1 unspecified atom stereocenters. The number of anilines is 1. The molecule has 0 spiro atoms. The number of carbonyl (C=O) groups excluding carboxylic acids is 1. The van der Waals surface area contributed by atoms with Crippen LogP contribution in [0, 0.1) is 0 Å². The zero-order chi connectivity index (χ0) is 14.4. The normalized spacial score (nSPS) is 11.9. The minimum absolute atomic E-state index is 0.145. The zero-order valence-corrected chi connectivity index (χ0v) is 11.6. The van der Waals surface area contributed by atoms with Crippen LogP contribution in [-0.4, -0.2) is 23.6 Å². The van der Waals surface area contributed by atoms with Gasteiger partial charge in [0.15, 0.2) is 5.69 Å². The molecule has 1 aromatic heterocycles. The fourth-order valence-electron chi connectivity index (χ4n) is 1.87. The second-order valence-corrected chi connectivity index (χ2v) is 4.49. The maximum absolute atomic E-state index is 11.5. The molecule has 20 heavy (non-hydrogen) atoms. The summed E-state index contributed by atoms with van der Waals surface area (Å²) in [5.41, 5.74) is 1.41. The molecule has 1 N–H and O–H groups in total. The Morgan fingerprint density at radius 3 is 2.85 bits per heavy atom. The van der Waals surface area contributed by atoms with E-state index in [1.54, 1.807) is 6.92 Å². The molecule has 0 saturated carbocycles. The molecule has 106 valence electrons. The number of oxazole rings is 1. The smallest absolute Gasteiger partial charge is 0.360 e. The highest BCUT2D eigenvalue weighted by Gasteiger charge is 2.14. The summed E-state index contributed by atoms with van der Waals surface area (Å²) in [6, 6.07) is 10.6. The lowest BCUT2D eigenvalue weighted by Gasteiger charge is -2.11. The largest absolute Gasteiger partial charge is 0.461 e. The van der Waals surface area contributed by atoms with Gasteiger partial charge in [-0.05, 0) is 25.8 Å². The van der Waals surface area contributed by atoms with Crippen LogP contribution in [0.15, 0.2) is 41.0 Å². The van der Waals surface area contributed by atoms with Crippen LogP contribution in [0.25, 0.3) is 0 Å². The molecule has 0 bridgehead atoms. The SMILES string of the molecule is CCOC(=O)c1coc(NC(C)Cc2ccccc2)n1. The van der Waals surface area contributed by atoms with Crippen molar-refractivity contribution in [2.75, 3.05) is 11.9 Å². The summed E-state index contributed by atoms with van der Waals surface area (Å²) < 4.78 is 10.1. The molecule has 5 nitrogen and oxygen atoms in total. The van der Waals surface area contributed by atoms with Gasteiger partial charge in [0.1, 0.15) is 6.26 Å². The second kappa shape index (κ2) is 6.75. The van der Waals surface area contributed by atoms with Crippen molar-refractivity contribution in [3.8, 4) is 0 Å². The summed E-state index contributed by atoms with van der Waals surface area (Å²) in [7, 11) is 0.